The maximum atomic E-state index is 12.2. The normalized spacial score (nSPS) is 17.2. The average Bonchev–Trinajstić information content (AvgIpc) is 3.13. The van der Waals surface area contributed by atoms with Crippen molar-refractivity contribution in [2.45, 2.75) is 38.0 Å². The summed E-state index contributed by atoms with van der Waals surface area (Å²) in [7, 11) is -3.41. The number of hydrogen-bond acceptors (Lipinski definition) is 3. The van der Waals surface area contributed by atoms with E-state index in [9.17, 15) is 8.42 Å². The minimum atomic E-state index is -3.41. The third kappa shape index (κ3) is 3.70. The van der Waals surface area contributed by atoms with Gasteiger partial charge >= 0.3 is 0 Å². The van der Waals surface area contributed by atoms with Gasteiger partial charge in [0.15, 0.2) is 0 Å². The maximum Gasteiger partial charge on any atom is 0.242 e. The van der Waals surface area contributed by atoms with E-state index in [0.717, 1.165) is 13.0 Å². The summed E-state index contributed by atoms with van der Waals surface area (Å²) in [5.41, 5.74) is 1.03. The van der Waals surface area contributed by atoms with Crippen molar-refractivity contribution in [3.8, 4) is 0 Å². The Balaban J connectivity index is 2.15. The molecule has 19 heavy (non-hydrogen) atoms. The number of nitrogens with one attached hydrogen (secondary N) is 2. The van der Waals surface area contributed by atoms with Crippen molar-refractivity contribution in [2.24, 2.45) is 5.41 Å². The van der Waals surface area contributed by atoms with Crippen LogP contribution < -0.4 is 10.0 Å². The standard InChI is InChI=1S/C14H22N2O2S/c1-3-10-16-19(17,18)13-7-5-4-6-12(13)15-11-14(2)8-9-14/h4-7,15-16H,3,8-11H2,1-2H3. The van der Waals surface area contributed by atoms with Gasteiger partial charge in [-0.05, 0) is 36.8 Å². The molecule has 1 saturated carbocycles. The Morgan fingerprint density at radius 3 is 2.58 bits per heavy atom. The van der Waals surface area contributed by atoms with Crippen LogP contribution in [0.4, 0.5) is 5.69 Å². The smallest absolute Gasteiger partial charge is 0.242 e. The topological polar surface area (TPSA) is 58.2 Å². The lowest BCUT2D eigenvalue weighted by molar-refractivity contribution is 0.580. The van der Waals surface area contributed by atoms with Crippen molar-refractivity contribution in [2.75, 3.05) is 18.4 Å². The van der Waals surface area contributed by atoms with Crippen LogP contribution in [-0.2, 0) is 10.0 Å². The first-order chi connectivity index (χ1) is 8.97. The summed E-state index contributed by atoms with van der Waals surface area (Å²) < 4.78 is 27.0. The molecule has 0 amide bonds. The van der Waals surface area contributed by atoms with Crippen molar-refractivity contribution < 1.29 is 8.42 Å². The number of sulfonamides is 1. The largest absolute Gasteiger partial charge is 0.383 e. The van der Waals surface area contributed by atoms with Gasteiger partial charge in [-0.3, -0.25) is 0 Å². The summed E-state index contributed by atoms with van der Waals surface area (Å²) >= 11 is 0. The van der Waals surface area contributed by atoms with Crippen molar-refractivity contribution in [1.29, 1.82) is 0 Å². The van der Waals surface area contributed by atoms with Crippen LogP contribution in [0, 0.1) is 5.41 Å². The number of rotatable bonds is 7. The van der Waals surface area contributed by atoms with E-state index < -0.39 is 10.0 Å². The van der Waals surface area contributed by atoms with Gasteiger partial charge in [-0.2, -0.15) is 0 Å². The zero-order valence-electron chi connectivity index (χ0n) is 11.6. The van der Waals surface area contributed by atoms with E-state index in [-0.39, 0.29) is 0 Å². The van der Waals surface area contributed by atoms with Crippen LogP contribution in [0.1, 0.15) is 33.1 Å². The Morgan fingerprint density at radius 2 is 1.95 bits per heavy atom. The van der Waals surface area contributed by atoms with Gasteiger partial charge in [0.2, 0.25) is 10.0 Å². The molecule has 1 aliphatic carbocycles. The van der Waals surface area contributed by atoms with Crippen LogP contribution in [0.25, 0.3) is 0 Å². The van der Waals surface area contributed by atoms with Crippen LogP contribution >= 0.6 is 0 Å². The van der Waals surface area contributed by atoms with Gasteiger partial charge in [-0.25, -0.2) is 13.1 Å². The van der Waals surface area contributed by atoms with Crippen LogP contribution in [0.3, 0.4) is 0 Å². The average molecular weight is 282 g/mol. The van der Waals surface area contributed by atoms with Gasteiger partial charge in [-0.15, -0.1) is 0 Å². The van der Waals surface area contributed by atoms with Crippen LogP contribution in [-0.4, -0.2) is 21.5 Å². The number of anilines is 1. The van der Waals surface area contributed by atoms with Crippen LogP contribution in [0.2, 0.25) is 0 Å². The molecule has 0 saturated heterocycles. The molecular formula is C14H22N2O2S. The highest BCUT2D eigenvalue weighted by molar-refractivity contribution is 7.89. The summed E-state index contributed by atoms with van der Waals surface area (Å²) in [5, 5.41) is 3.28. The third-order valence-electron chi connectivity index (χ3n) is 3.53. The second-order valence-corrected chi connectivity index (χ2v) is 7.29. The number of benzene rings is 1. The lowest BCUT2D eigenvalue weighted by Crippen LogP contribution is -2.25. The maximum absolute atomic E-state index is 12.2. The first-order valence-corrected chi connectivity index (χ1v) is 8.28. The monoisotopic (exact) mass is 282 g/mol. The molecule has 0 aliphatic heterocycles. The molecule has 0 unspecified atom stereocenters. The molecular weight excluding hydrogens is 260 g/mol. The van der Waals surface area contributed by atoms with Gasteiger partial charge in [0.1, 0.15) is 4.90 Å². The van der Waals surface area contributed by atoms with Gasteiger partial charge in [0.25, 0.3) is 0 Å². The molecule has 0 spiro atoms. The lowest BCUT2D eigenvalue weighted by atomic mass is 10.1. The Kier molecular flexibility index (Phi) is 4.16. The van der Waals surface area contributed by atoms with E-state index in [1.807, 2.05) is 19.1 Å². The second-order valence-electron chi connectivity index (χ2n) is 5.56. The first kappa shape index (κ1) is 14.3. The fourth-order valence-corrected chi connectivity index (χ4v) is 3.18. The molecule has 0 radical (unpaired) electrons. The summed E-state index contributed by atoms with van der Waals surface area (Å²) in [6.45, 7) is 5.45. The molecule has 1 fully saturated rings. The highest BCUT2D eigenvalue weighted by Gasteiger charge is 2.37. The predicted molar refractivity (Wildman–Crippen MR) is 77.8 cm³/mol. The lowest BCUT2D eigenvalue weighted by Gasteiger charge is -2.15. The fourth-order valence-electron chi connectivity index (χ4n) is 1.86. The van der Waals surface area contributed by atoms with Gasteiger partial charge < -0.3 is 5.32 Å². The summed E-state index contributed by atoms with van der Waals surface area (Å²) in [6, 6.07) is 7.09. The molecule has 1 aromatic carbocycles. The van der Waals surface area contributed by atoms with E-state index >= 15 is 0 Å². The van der Waals surface area contributed by atoms with E-state index in [1.165, 1.54) is 12.8 Å². The number of para-hydroxylation sites is 1. The summed E-state index contributed by atoms with van der Waals surface area (Å²) in [4.78, 5) is 0.340. The molecule has 2 rings (SSSR count). The molecule has 0 aromatic heterocycles. The predicted octanol–water partition coefficient (Wildman–Crippen LogP) is 2.59. The minimum Gasteiger partial charge on any atom is -0.383 e. The van der Waals surface area contributed by atoms with E-state index in [4.69, 9.17) is 0 Å². The molecule has 0 bridgehead atoms. The summed E-state index contributed by atoms with van der Waals surface area (Å²) in [6.07, 6.45) is 3.21. The van der Waals surface area contributed by atoms with Crippen LogP contribution in [0.15, 0.2) is 29.2 Å². The minimum absolute atomic E-state index is 0.340. The highest BCUT2D eigenvalue weighted by Crippen LogP contribution is 2.44. The van der Waals surface area contributed by atoms with Gasteiger partial charge in [0, 0.05) is 13.1 Å². The molecule has 2 N–H and O–H groups in total. The van der Waals surface area contributed by atoms with Crippen molar-refractivity contribution >= 4 is 15.7 Å². The molecule has 0 atom stereocenters. The van der Waals surface area contributed by atoms with Crippen molar-refractivity contribution in [1.82, 2.24) is 4.72 Å². The van der Waals surface area contributed by atoms with Crippen molar-refractivity contribution in [3.05, 3.63) is 24.3 Å². The highest BCUT2D eigenvalue weighted by atomic mass is 32.2. The van der Waals surface area contributed by atoms with Gasteiger partial charge in [-0.1, -0.05) is 26.0 Å². The van der Waals surface area contributed by atoms with Gasteiger partial charge in [0.05, 0.1) is 5.69 Å². The molecule has 4 nitrogen and oxygen atoms in total. The molecule has 1 aliphatic rings. The van der Waals surface area contributed by atoms with Crippen LogP contribution in [0.5, 0.6) is 0 Å². The Bertz CT molecular complexity index is 536. The van der Waals surface area contributed by atoms with E-state index in [2.05, 4.69) is 17.0 Å². The quantitative estimate of drug-likeness (QED) is 0.808. The Morgan fingerprint density at radius 1 is 1.26 bits per heavy atom. The zero-order valence-corrected chi connectivity index (χ0v) is 12.4. The number of hydrogen-bond donors (Lipinski definition) is 2. The first-order valence-electron chi connectivity index (χ1n) is 6.79. The second kappa shape index (κ2) is 5.51. The SMILES string of the molecule is CCCNS(=O)(=O)c1ccccc1NCC1(C)CC1. The van der Waals surface area contributed by atoms with Crippen molar-refractivity contribution in [3.63, 3.8) is 0 Å². The van der Waals surface area contributed by atoms with E-state index in [1.54, 1.807) is 12.1 Å². The van der Waals surface area contributed by atoms with E-state index in [0.29, 0.717) is 22.5 Å². The molecule has 106 valence electrons. The fraction of sp³-hybridized carbons (Fsp3) is 0.571. The third-order valence-corrected chi connectivity index (χ3v) is 5.05. The summed E-state index contributed by atoms with van der Waals surface area (Å²) in [5.74, 6) is 0. The molecule has 1 aromatic rings. The Hall–Kier alpha value is -1.07. The Labute approximate surface area is 115 Å². The zero-order chi connectivity index (χ0) is 13.9. The molecule has 5 heteroatoms. The molecule has 0 heterocycles.